The van der Waals surface area contributed by atoms with Crippen molar-refractivity contribution < 1.29 is 33.4 Å². The number of amides is 2. The predicted octanol–water partition coefficient (Wildman–Crippen LogP) is 3.75. The fraction of sp³-hybridized carbons (Fsp3) is 0.750. The Labute approximate surface area is 208 Å². The quantitative estimate of drug-likeness (QED) is 0.190. The molecule has 0 saturated heterocycles. The number of hydrogen-bond acceptors (Lipinski definition) is 8. The number of hydrogen-bond donors (Lipinski definition) is 2. The summed E-state index contributed by atoms with van der Waals surface area (Å²) in [4.78, 5) is 50.0. The molecular weight excluding hydrogens is 460 g/mol. The molecule has 0 spiro atoms. The SMILES string of the molecule is C=CCSC[C@H](NC(=O)CC[C@H](NC(=O)OC(C)(C)C)C(=O)OC(C)(C)C)C(=O)OC(C)(C)C. The maximum Gasteiger partial charge on any atom is 0.408 e. The van der Waals surface area contributed by atoms with Crippen LogP contribution in [0.1, 0.15) is 75.2 Å². The second-order valence-corrected chi connectivity index (χ2v) is 11.8. The Balaban J connectivity index is 5.27. The number of carbonyl (C=O) groups excluding carboxylic acids is 4. The van der Waals surface area contributed by atoms with Crippen molar-refractivity contribution in [3.8, 4) is 0 Å². The van der Waals surface area contributed by atoms with E-state index in [1.807, 2.05) is 0 Å². The first-order valence-electron chi connectivity index (χ1n) is 11.3. The number of alkyl carbamates (subject to hydrolysis) is 1. The van der Waals surface area contributed by atoms with Crippen molar-refractivity contribution in [1.82, 2.24) is 10.6 Å². The minimum absolute atomic E-state index is 0.0408. The molecular formula is C24H42N2O7S. The number of thioether (sulfide) groups is 1. The van der Waals surface area contributed by atoms with Gasteiger partial charge in [0.1, 0.15) is 28.9 Å². The van der Waals surface area contributed by atoms with E-state index in [1.54, 1.807) is 68.4 Å². The van der Waals surface area contributed by atoms with Crippen molar-refractivity contribution in [2.75, 3.05) is 11.5 Å². The molecule has 0 saturated carbocycles. The lowest BCUT2D eigenvalue weighted by Gasteiger charge is -2.26. The molecule has 0 aromatic carbocycles. The van der Waals surface area contributed by atoms with Crippen molar-refractivity contribution in [2.45, 2.75) is 104 Å². The molecule has 0 aliphatic carbocycles. The summed E-state index contributed by atoms with van der Waals surface area (Å²) < 4.78 is 16.0. The molecule has 2 atom stereocenters. The molecule has 2 amide bonds. The third-order valence-electron chi connectivity index (χ3n) is 3.59. The highest BCUT2D eigenvalue weighted by Crippen LogP contribution is 2.14. The maximum atomic E-state index is 12.6. The predicted molar refractivity (Wildman–Crippen MR) is 134 cm³/mol. The molecule has 0 fully saturated rings. The highest BCUT2D eigenvalue weighted by atomic mass is 32.2. The standard InChI is InChI=1S/C24H42N2O7S/c1-11-14-34-15-17(20(29)32-23(5,6)7)25-18(27)13-12-16(19(28)31-22(2,3)4)26-21(30)33-24(8,9)10/h11,16-17H,1,12-15H2,2-10H3,(H,25,27)(H,26,30)/t16-,17-/m0/s1. The first-order valence-corrected chi connectivity index (χ1v) is 12.4. The zero-order valence-corrected chi connectivity index (χ0v) is 22.9. The van der Waals surface area contributed by atoms with Gasteiger partial charge in [0.25, 0.3) is 0 Å². The topological polar surface area (TPSA) is 120 Å². The van der Waals surface area contributed by atoms with Crippen LogP contribution < -0.4 is 10.6 Å². The molecule has 0 aliphatic heterocycles. The molecule has 0 heterocycles. The van der Waals surface area contributed by atoms with Gasteiger partial charge in [0.05, 0.1) is 0 Å². The minimum atomic E-state index is -1.10. The summed E-state index contributed by atoms with van der Waals surface area (Å²) in [5, 5.41) is 5.15. The molecule has 0 bridgehead atoms. The molecule has 0 unspecified atom stereocenters. The minimum Gasteiger partial charge on any atom is -0.458 e. The van der Waals surface area contributed by atoms with E-state index in [1.165, 1.54) is 11.8 Å². The van der Waals surface area contributed by atoms with Gasteiger partial charge in [-0.2, -0.15) is 11.8 Å². The first-order chi connectivity index (χ1) is 15.3. The largest absolute Gasteiger partial charge is 0.458 e. The fourth-order valence-electron chi connectivity index (χ4n) is 2.42. The van der Waals surface area contributed by atoms with E-state index in [-0.39, 0.29) is 12.8 Å². The summed E-state index contributed by atoms with van der Waals surface area (Å²) in [6.07, 6.45) is 0.731. The van der Waals surface area contributed by atoms with E-state index in [2.05, 4.69) is 17.2 Å². The fourth-order valence-corrected chi connectivity index (χ4v) is 3.18. The molecule has 10 heteroatoms. The third-order valence-corrected chi connectivity index (χ3v) is 4.63. The van der Waals surface area contributed by atoms with E-state index >= 15 is 0 Å². The van der Waals surface area contributed by atoms with Gasteiger partial charge in [-0.15, -0.1) is 6.58 Å². The van der Waals surface area contributed by atoms with Gasteiger partial charge >= 0.3 is 18.0 Å². The normalized spacial score (nSPS) is 13.8. The molecule has 0 aromatic heterocycles. The van der Waals surface area contributed by atoms with Gasteiger partial charge in [-0.05, 0) is 68.7 Å². The highest BCUT2D eigenvalue weighted by molar-refractivity contribution is 7.99. The lowest BCUT2D eigenvalue weighted by atomic mass is 10.1. The van der Waals surface area contributed by atoms with Crippen LogP contribution in [0.5, 0.6) is 0 Å². The summed E-state index contributed by atoms with van der Waals surface area (Å²) in [7, 11) is 0. The van der Waals surface area contributed by atoms with Gasteiger partial charge in [-0.25, -0.2) is 14.4 Å². The summed E-state index contributed by atoms with van der Waals surface area (Å²) in [6.45, 7) is 19.1. The van der Waals surface area contributed by atoms with Gasteiger partial charge in [-0.3, -0.25) is 4.79 Å². The summed E-state index contributed by atoms with van der Waals surface area (Å²) >= 11 is 1.43. The Morgan fingerprint density at radius 1 is 0.794 bits per heavy atom. The van der Waals surface area contributed by atoms with Crippen molar-refractivity contribution in [1.29, 1.82) is 0 Å². The number of nitrogens with one attached hydrogen (secondary N) is 2. The maximum absolute atomic E-state index is 12.6. The number of rotatable bonds is 11. The second kappa shape index (κ2) is 13.6. The van der Waals surface area contributed by atoms with Gasteiger partial charge in [0, 0.05) is 17.9 Å². The first kappa shape index (κ1) is 31.8. The smallest absolute Gasteiger partial charge is 0.408 e. The van der Waals surface area contributed by atoms with Crippen LogP contribution in [0.15, 0.2) is 12.7 Å². The molecule has 34 heavy (non-hydrogen) atoms. The average Bonchev–Trinajstić information content (AvgIpc) is 2.59. The van der Waals surface area contributed by atoms with Crippen LogP contribution in [0, 0.1) is 0 Å². The summed E-state index contributed by atoms with van der Waals surface area (Å²) in [5.74, 6) is -0.785. The Hall–Kier alpha value is -2.23. The Morgan fingerprint density at radius 3 is 1.71 bits per heavy atom. The lowest BCUT2D eigenvalue weighted by molar-refractivity contribution is -0.159. The zero-order valence-electron chi connectivity index (χ0n) is 22.0. The van der Waals surface area contributed by atoms with Crippen molar-refractivity contribution in [3.05, 3.63) is 12.7 Å². The van der Waals surface area contributed by atoms with E-state index in [4.69, 9.17) is 14.2 Å². The van der Waals surface area contributed by atoms with E-state index in [9.17, 15) is 19.2 Å². The van der Waals surface area contributed by atoms with E-state index in [0.29, 0.717) is 11.5 Å². The van der Waals surface area contributed by atoms with Crippen LogP contribution in [0.3, 0.4) is 0 Å². The van der Waals surface area contributed by atoms with Crippen LogP contribution in [0.4, 0.5) is 4.79 Å². The van der Waals surface area contributed by atoms with E-state index < -0.39 is 52.8 Å². The third kappa shape index (κ3) is 16.4. The Bertz CT molecular complexity index is 718. The molecule has 0 aliphatic rings. The van der Waals surface area contributed by atoms with Crippen LogP contribution in [-0.4, -0.2) is 64.3 Å². The van der Waals surface area contributed by atoms with Crippen LogP contribution in [0.25, 0.3) is 0 Å². The van der Waals surface area contributed by atoms with Crippen molar-refractivity contribution in [2.24, 2.45) is 0 Å². The Morgan fingerprint density at radius 2 is 1.26 bits per heavy atom. The number of esters is 2. The van der Waals surface area contributed by atoms with Crippen molar-refractivity contribution >= 4 is 35.7 Å². The molecule has 2 N–H and O–H groups in total. The summed E-state index contributed by atoms with van der Waals surface area (Å²) in [6, 6.07) is -1.97. The molecule has 0 aromatic rings. The second-order valence-electron chi connectivity index (χ2n) is 10.8. The monoisotopic (exact) mass is 502 g/mol. The molecule has 0 rings (SSSR count). The highest BCUT2D eigenvalue weighted by Gasteiger charge is 2.31. The lowest BCUT2D eigenvalue weighted by Crippen LogP contribution is -2.48. The number of ether oxygens (including phenoxy) is 3. The Kier molecular flexibility index (Phi) is 12.7. The average molecular weight is 503 g/mol. The van der Waals surface area contributed by atoms with Crippen LogP contribution in [0.2, 0.25) is 0 Å². The zero-order chi connectivity index (χ0) is 26.7. The van der Waals surface area contributed by atoms with Crippen LogP contribution >= 0.6 is 11.8 Å². The molecule has 0 radical (unpaired) electrons. The number of carbonyl (C=O) groups is 4. The van der Waals surface area contributed by atoms with Gasteiger partial charge in [0.2, 0.25) is 5.91 Å². The van der Waals surface area contributed by atoms with Crippen molar-refractivity contribution in [3.63, 3.8) is 0 Å². The molecule has 9 nitrogen and oxygen atoms in total. The van der Waals surface area contributed by atoms with Gasteiger partial charge in [-0.1, -0.05) is 6.08 Å². The molecule has 196 valence electrons. The van der Waals surface area contributed by atoms with Gasteiger partial charge < -0.3 is 24.8 Å². The van der Waals surface area contributed by atoms with Gasteiger partial charge in [0.15, 0.2) is 0 Å². The van der Waals surface area contributed by atoms with Crippen LogP contribution in [-0.2, 0) is 28.6 Å². The van der Waals surface area contributed by atoms with E-state index in [0.717, 1.165) is 0 Å². The summed E-state index contributed by atoms with van der Waals surface area (Å²) in [5.41, 5.74) is -2.25.